The van der Waals surface area contributed by atoms with Crippen molar-refractivity contribution < 1.29 is 0 Å². The van der Waals surface area contributed by atoms with Gasteiger partial charge in [0.1, 0.15) is 0 Å². The van der Waals surface area contributed by atoms with Crippen LogP contribution in [-0.2, 0) is 22.7 Å². The number of fused-ring (bicyclic) bond motifs is 15. The van der Waals surface area contributed by atoms with Crippen LogP contribution in [0.4, 0.5) is 0 Å². The van der Waals surface area contributed by atoms with Gasteiger partial charge in [-0.1, -0.05) is 113 Å². The van der Waals surface area contributed by atoms with Crippen LogP contribution >= 0.6 is 0 Å². The molecule has 3 saturated carbocycles. The van der Waals surface area contributed by atoms with E-state index in [9.17, 15) is 0 Å². The monoisotopic (exact) mass is 742 g/mol. The Morgan fingerprint density at radius 2 is 1.14 bits per heavy atom. The first-order valence-electron chi connectivity index (χ1n) is 22.1. The molecule has 6 aliphatic carbocycles. The van der Waals surface area contributed by atoms with E-state index in [0.29, 0.717) is 34.5 Å². The first-order chi connectivity index (χ1) is 27.6. The predicted octanol–water partition coefficient (Wildman–Crippen LogP) is 14.1. The molecule has 284 valence electrons. The highest BCUT2D eigenvalue weighted by Gasteiger charge is 2.53. The maximum atomic E-state index is 5.56. The summed E-state index contributed by atoms with van der Waals surface area (Å²) in [6.45, 7) is 9.89. The van der Waals surface area contributed by atoms with Gasteiger partial charge in [-0.3, -0.25) is 9.97 Å². The summed E-state index contributed by atoms with van der Waals surface area (Å²) < 4.78 is 0. The van der Waals surface area contributed by atoms with Gasteiger partial charge in [-0.2, -0.15) is 0 Å². The Balaban J connectivity index is 0.922. The second-order valence-corrected chi connectivity index (χ2v) is 20.3. The Morgan fingerprint density at radius 1 is 0.544 bits per heavy atom. The molecular formula is C55H54N2. The number of hydrogen-bond acceptors (Lipinski definition) is 2. The van der Waals surface area contributed by atoms with Crippen molar-refractivity contribution >= 4 is 0 Å². The predicted molar refractivity (Wildman–Crippen MR) is 234 cm³/mol. The summed E-state index contributed by atoms with van der Waals surface area (Å²) in [5, 5.41) is 0. The molecule has 0 aliphatic heterocycles. The van der Waals surface area contributed by atoms with E-state index in [1.54, 1.807) is 16.7 Å². The summed E-state index contributed by atoms with van der Waals surface area (Å²) in [5.41, 5.74) is 22.7. The fraction of sp³-hybridized carbons (Fsp3) is 0.382. The molecule has 57 heavy (non-hydrogen) atoms. The number of nitrogens with zero attached hydrogens (tertiary/aromatic N) is 2. The van der Waals surface area contributed by atoms with Crippen molar-refractivity contribution in [2.24, 2.45) is 0 Å². The normalized spacial score (nSPS) is 27.2. The average molecular weight is 743 g/mol. The van der Waals surface area contributed by atoms with Crippen molar-refractivity contribution in [3.63, 3.8) is 0 Å². The third kappa shape index (κ3) is 5.14. The zero-order valence-corrected chi connectivity index (χ0v) is 34.2. The number of pyridine rings is 2. The molecule has 6 aliphatic rings. The van der Waals surface area contributed by atoms with E-state index in [1.165, 1.54) is 125 Å². The highest BCUT2D eigenvalue weighted by atomic mass is 14.8. The van der Waals surface area contributed by atoms with Crippen LogP contribution in [0.3, 0.4) is 0 Å². The molecule has 2 heterocycles. The molecule has 3 fully saturated rings. The van der Waals surface area contributed by atoms with Crippen LogP contribution in [0, 0.1) is 0 Å². The lowest BCUT2D eigenvalue weighted by molar-refractivity contribution is 0.484. The van der Waals surface area contributed by atoms with Crippen LogP contribution in [0.15, 0.2) is 109 Å². The van der Waals surface area contributed by atoms with Gasteiger partial charge >= 0.3 is 0 Å². The van der Waals surface area contributed by atoms with Gasteiger partial charge in [-0.15, -0.1) is 0 Å². The standard InChI is InChI=1S/C55H54N2/c1-53(2,41-15-10-14-34(27-41)47-29-43(33-11-6-5-7-12-33)49-36-17-19-38(25-36)51(49)56-47)31-40-13-8-9-16-42(40)44-30-48(57-52-39-20-18-37(26-39)50(44)52)35-21-22-45-46(28-35)55(4)24-23-54(45,3)32-55/h5-16,21-22,27-30,36-39H,17-20,23-26,31-32H2,1-4H3. The van der Waals surface area contributed by atoms with E-state index in [-0.39, 0.29) is 5.41 Å². The molecule has 2 aromatic heterocycles. The molecule has 0 N–H and O–H groups in total. The van der Waals surface area contributed by atoms with Gasteiger partial charge in [-0.05, 0) is 172 Å². The Kier molecular flexibility index (Phi) is 7.27. The van der Waals surface area contributed by atoms with E-state index < -0.39 is 0 Å². The Labute approximate surface area is 339 Å². The average Bonchev–Trinajstić information content (AvgIpc) is 4.11. The minimum absolute atomic E-state index is 0.0902. The summed E-state index contributed by atoms with van der Waals surface area (Å²) in [5.74, 6) is 2.50. The lowest BCUT2D eigenvalue weighted by Crippen LogP contribution is -2.21. The van der Waals surface area contributed by atoms with Crippen molar-refractivity contribution in [1.82, 2.24) is 9.97 Å². The van der Waals surface area contributed by atoms with E-state index in [1.807, 2.05) is 0 Å². The molecule has 0 amide bonds. The maximum Gasteiger partial charge on any atom is 0.0711 e. The third-order valence-electron chi connectivity index (χ3n) is 16.2. The Bertz CT molecular complexity index is 2630. The van der Waals surface area contributed by atoms with Crippen LogP contribution in [0.25, 0.3) is 44.8 Å². The van der Waals surface area contributed by atoms with Crippen LogP contribution in [-0.4, -0.2) is 9.97 Å². The summed E-state index contributed by atoms with van der Waals surface area (Å²) >= 11 is 0. The molecule has 6 aromatic rings. The summed E-state index contributed by atoms with van der Waals surface area (Å²) in [7, 11) is 0. The van der Waals surface area contributed by atoms with Gasteiger partial charge in [-0.25, -0.2) is 0 Å². The van der Waals surface area contributed by atoms with E-state index in [4.69, 9.17) is 9.97 Å². The highest BCUT2D eigenvalue weighted by Crippen LogP contribution is 2.61. The van der Waals surface area contributed by atoms with Crippen molar-refractivity contribution in [3.8, 4) is 44.8 Å². The lowest BCUT2D eigenvalue weighted by atomic mass is 9.76. The molecule has 2 heteroatoms. The van der Waals surface area contributed by atoms with Crippen molar-refractivity contribution in [2.75, 3.05) is 0 Å². The largest absolute Gasteiger partial charge is 0.252 e. The van der Waals surface area contributed by atoms with E-state index >= 15 is 0 Å². The van der Waals surface area contributed by atoms with Crippen molar-refractivity contribution in [1.29, 1.82) is 0 Å². The molecule has 0 saturated heterocycles. The molecule has 6 atom stereocenters. The summed E-state index contributed by atoms with van der Waals surface area (Å²) in [6.07, 6.45) is 12.6. The molecule has 0 spiro atoms. The topological polar surface area (TPSA) is 25.8 Å². The SMILES string of the molecule is CC(C)(Cc1ccccc1-c1cc(-c2ccc3c(c2)C2(C)CCC3(C)C2)nc2c1C1CCC2C1)c1cccc(-c2cc(-c3ccccc3)c3c(n2)C2CCC3C2)c1. The van der Waals surface area contributed by atoms with Crippen LogP contribution in [0.5, 0.6) is 0 Å². The smallest absolute Gasteiger partial charge is 0.0711 e. The highest BCUT2D eigenvalue weighted by molar-refractivity contribution is 5.80. The second kappa shape index (κ2) is 12.1. The number of benzene rings is 4. The number of aromatic nitrogens is 2. The van der Waals surface area contributed by atoms with Gasteiger partial charge in [0.2, 0.25) is 0 Å². The Hall–Kier alpha value is -4.82. The van der Waals surface area contributed by atoms with Gasteiger partial charge in [0.25, 0.3) is 0 Å². The van der Waals surface area contributed by atoms with E-state index in [0.717, 1.165) is 12.1 Å². The fourth-order valence-electron chi connectivity index (χ4n) is 13.4. The lowest BCUT2D eigenvalue weighted by Gasteiger charge is -2.29. The molecule has 12 rings (SSSR count). The molecule has 6 unspecified atom stereocenters. The molecule has 2 nitrogen and oxygen atoms in total. The van der Waals surface area contributed by atoms with Gasteiger partial charge in [0, 0.05) is 34.4 Å². The van der Waals surface area contributed by atoms with Gasteiger partial charge in [0.05, 0.1) is 11.4 Å². The first kappa shape index (κ1) is 34.2. The quantitative estimate of drug-likeness (QED) is 0.163. The third-order valence-corrected chi connectivity index (χ3v) is 16.2. The summed E-state index contributed by atoms with van der Waals surface area (Å²) in [4.78, 5) is 11.0. The van der Waals surface area contributed by atoms with Crippen LogP contribution < -0.4 is 0 Å². The molecule has 0 radical (unpaired) electrons. The molecule has 4 aromatic carbocycles. The minimum atomic E-state index is -0.0902. The van der Waals surface area contributed by atoms with Crippen molar-refractivity contribution in [2.45, 2.75) is 132 Å². The molecule has 6 bridgehead atoms. The zero-order chi connectivity index (χ0) is 38.3. The number of rotatable bonds is 7. The maximum absolute atomic E-state index is 5.56. The number of hydrogen-bond donors (Lipinski definition) is 0. The van der Waals surface area contributed by atoms with Gasteiger partial charge < -0.3 is 0 Å². The zero-order valence-electron chi connectivity index (χ0n) is 34.2. The van der Waals surface area contributed by atoms with Gasteiger partial charge in [0.15, 0.2) is 0 Å². The Morgan fingerprint density at radius 3 is 1.88 bits per heavy atom. The fourth-order valence-corrected chi connectivity index (χ4v) is 13.4. The van der Waals surface area contributed by atoms with E-state index in [2.05, 4.69) is 137 Å². The molecular weight excluding hydrogens is 689 g/mol. The first-order valence-corrected chi connectivity index (χ1v) is 22.1. The van der Waals surface area contributed by atoms with Crippen molar-refractivity contribution in [3.05, 3.63) is 154 Å². The van der Waals surface area contributed by atoms with Crippen LogP contribution in [0.1, 0.15) is 154 Å². The second-order valence-electron chi connectivity index (χ2n) is 20.3. The minimum Gasteiger partial charge on any atom is -0.252 e. The van der Waals surface area contributed by atoms with Crippen LogP contribution in [0.2, 0.25) is 0 Å². The summed E-state index contributed by atoms with van der Waals surface area (Å²) in [6, 6.07) is 42.0.